The molecule has 0 radical (unpaired) electrons. The maximum absolute atomic E-state index is 2.84. The van der Waals surface area contributed by atoms with Crippen LogP contribution in [0.15, 0.2) is 0 Å². The molecule has 0 aromatic heterocycles. The van der Waals surface area contributed by atoms with Crippen LogP contribution in [-0.2, 0) is 0 Å². The minimum absolute atomic E-state index is 0.854. The standard InChI is InChI=1S/C17H31N3/c1-13-6-14-8-19(9-15(14)7-13)17-11-20(12-17)16-4-3-5-18(2)10-16/h13-17H,3-12H2,1-2H3. The Labute approximate surface area is 124 Å². The molecule has 0 spiro atoms. The summed E-state index contributed by atoms with van der Waals surface area (Å²) < 4.78 is 0. The predicted molar refractivity (Wildman–Crippen MR) is 82.8 cm³/mol. The number of rotatable bonds is 2. The van der Waals surface area contributed by atoms with Crippen molar-refractivity contribution in [1.29, 1.82) is 0 Å². The van der Waals surface area contributed by atoms with Crippen molar-refractivity contribution in [2.45, 2.75) is 44.7 Å². The molecule has 0 aromatic rings. The highest BCUT2D eigenvalue weighted by atomic mass is 15.3. The third-order valence-electron chi connectivity index (χ3n) is 6.54. The van der Waals surface area contributed by atoms with Gasteiger partial charge in [-0.05, 0) is 57.0 Å². The Bertz CT molecular complexity index is 338. The summed E-state index contributed by atoms with van der Waals surface area (Å²) in [7, 11) is 2.28. The number of piperidine rings is 1. The Hall–Kier alpha value is -0.120. The van der Waals surface area contributed by atoms with Crippen molar-refractivity contribution in [3.05, 3.63) is 0 Å². The van der Waals surface area contributed by atoms with Crippen LogP contribution in [0.4, 0.5) is 0 Å². The normalized spacial score (nSPS) is 44.7. The molecule has 0 N–H and O–H groups in total. The van der Waals surface area contributed by atoms with Gasteiger partial charge in [0.05, 0.1) is 0 Å². The zero-order chi connectivity index (χ0) is 13.7. The molecule has 3 nitrogen and oxygen atoms in total. The Kier molecular flexibility index (Phi) is 3.56. The quantitative estimate of drug-likeness (QED) is 0.761. The number of nitrogens with zero attached hydrogens (tertiary/aromatic N) is 3. The summed E-state index contributed by atoms with van der Waals surface area (Å²) in [6, 6.07) is 1.75. The third kappa shape index (κ3) is 2.42. The molecule has 0 aromatic carbocycles. The van der Waals surface area contributed by atoms with Gasteiger partial charge in [0.25, 0.3) is 0 Å². The molecule has 3 atom stereocenters. The van der Waals surface area contributed by atoms with E-state index in [2.05, 4.69) is 28.7 Å². The van der Waals surface area contributed by atoms with Crippen LogP contribution < -0.4 is 0 Å². The zero-order valence-electron chi connectivity index (χ0n) is 13.3. The fourth-order valence-corrected chi connectivity index (χ4v) is 5.39. The number of likely N-dealkylation sites (N-methyl/N-ethyl adjacent to an activating group) is 1. The van der Waals surface area contributed by atoms with Gasteiger partial charge in [0, 0.05) is 44.8 Å². The molecule has 4 rings (SSSR count). The molecule has 3 saturated heterocycles. The van der Waals surface area contributed by atoms with Crippen LogP contribution >= 0.6 is 0 Å². The molecule has 1 saturated carbocycles. The van der Waals surface area contributed by atoms with Gasteiger partial charge >= 0.3 is 0 Å². The summed E-state index contributed by atoms with van der Waals surface area (Å²) in [6.45, 7) is 10.6. The lowest BCUT2D eigenvalue weighted by molar-refractivity contribution is -0.00989. The first-order valence-electron chi connectivity index (χ1n) is 8.85. The summed E-state index contributed by atoms with van der Waals surface area (Å²) in [5.41, 5.74) is 0. The van der Waals surface area contributed by atoms with Crippen molar-refractivity contribution >= 4 is 0 Å². The van der Waals surface area contributed by atoms with E-state index in [1.54, 1.807) is 0 Å². The van der Waals surface area contributed by atoms with Crippen LogP contribution in [0.3, 0.4) is 0 Å². The highest BCUT2D eigenvalue weighted by Crippen LogP contribution is 2.42. The van der Waals surface area contributed by atoms with Crippen molar-refractivity contribution in [2.75, 3.05) is 46.3 Å². The Balaban J connectivity index is 1.26. The minimum atomic E-state index is 0.854. The van der Waals surface area contributed by atoms with Crippen LogP contribution in [0, 0.1) is 17.8 Å². The lowest BCUT2D eigenvalue weighted by atomic mass is 9.97. The van der Waals surface area contributed by atoms with Crippen LogP contribution in [0.1, 0.15) is 32.6 Å². The van der Waals surface area contributed by atoms with E-state index >= 15 is 0 Å². The van der Waals surface area contributed by atoms with Crippen molar-refractivity contribution in [1.82, 2.24) is 14.7 Å². The van der Waals surface area contributed by atoms with E-state index in [-0.39, 0.29) is 0 Å². The summed E-state index contributed by atoms with van der Waals surface area (Å²) in [6.07, 6.45) is 5.84. The second-order valence-corrected chi connectivity index (χ2v) is 8.22. The monoisotopic (exact) mass is 277 g/mol. The predicted octanol–water partition coefficient (Wildman–Crippen LogP) is 1.74. The molecule has 20 heavy (non-hydrogen) atoms. The van der Waals surface area contributed by atoms with E-state index in [1.165, 1.54) is 65.0 Å². The molecule has 114 valence electrons. The first-order valence-corrected chi connectivity index (χ1v) is 8.85. The molecular formula is C17H31N3. The number of hydrogen-bond acceptors (Lipinski definition) is 3. The van der Waals surface area contributed by atoms with Crippen LogP contribution in [-0.4, -0.2) is 73.1 Å². The molecule has 0 bridgehead atoms. The van der Waals surface area contributed by atoms with Crippen molar-refractivity contribution in [2.24, 2.45) is 17.8 Å². The molecule has 3 heterocycles. The fourth-order valence-electron chi connectivity index (χ4n) is 5.39. The summed E-state index contributed by atoms with van der Waals surface area (Å²) in [5.74, 6) is 3.09. The SMILES string of the molecule is CC1CC2CN(C3CN(C4CCCN(C)C4)C3)CC2C1. The molecule has 3 unspecified atom stereocenters. The van der Waals surface area contributed by atoms with Gasteiger partial charge in [-0.25, -0.2) is 0 Å². The average molecular weight is 277 g/mol. The van der Waals surface area contributed by atoms with Crippen molar-refractivity contribution in [3.63, 3.8) is 0 Å². The molecule has 3 heteroatoms. The molecule has 4 fully saturated rings. The molecular weight excluding hydrogens is 246 g/mol. The van der Waals surface area contributed by atoms with E-state index in [0.717, 1.165) is 29.8 Å². The minimum Gasteiger partial charge on any atom is -0.305 e. The Morgan fingerprint density at radius 1 is 0.800 bits per heavy atom. The van der Waals surface area contributed by atoms with E-state index in [9.17, 15) is 0 Å². The van der Waals surface area contributed by atoms with E-state index in [0.29, 0.717) is 0 Å². The Morgan fingerprint density at radius 2 is 1.45 bits per heavy atom. The van der Waals surface area contributed by atoms with Crippen LogP contribution in [0.5, 0.6) is 0 Å². The second-order valence-electron chi connectivity index (χ2n) is 8.22. The number of hydrogen-bond donors (Lipinski definition) is 0. The maximum Gasteiger partial charge on any atom is 0.0350 e. The highest BCUT2D eigenvalue weighted by Gasteiger charge is 2.45. The maximum atomic E-state index is 2.84. The van der Waals surface area contributed by atoms with Gasteiger partial charge in [0.15, 0.2) is 0 Å². The Morgan fingerprint density at radius 3 is 2.10 bits per heavy atom. The number of fused-ring (bicyclic) bond motifs is 1. The fraction of sp³-hybridized carbons (Fsp3) is 1.00. The molecule has 0 amide bonds. The molecule has 1 aliphatic carbocycles. The van der Waals surface area contributed by atoms with Crippen molar-refractivity contribution in [3.8, 4) is 0 Å². The van der Waals surface area contributed by atoms with Gasteiger partial charge in [0.2, 0.25) is 0 Å². The number of likely N-dealkylation sites (tertiary alicyclic amines) is 3. The van der Waals surface area contributed by atoms with Crippen molar-refractivity contribution < 1.29 is 0 Å². The van der Waals surface area contributed by atoms with Gasteiger partial charge < -0.3 is 4.90 Å². The third-order valence-corrected chi connectivity index (χ3v) is 6.54. The average Bonchev–Trinajstić information content (AvgIpc) is 2.84. The van der Waals surface area contributed by atoms with Crippen LogP contribution in [0.25, 0.3) is 0 Å². The van der Waals surface area contributed by atoms with Gasteiger partial charge in [-0.2, -0.15) is 0 Å². The van der Waals surface area contributed by atoms with Gasteiger partial charge in [-0.3, -0.25) is 9.80 Å². The second kappa shape index (κ2) is 5.26. The van der Waals surface area contributed by atoms with Crippen LogP contribution in [0.2, 0.25) is 0 Å². The first-order chi connectivity index (χ1) is 9.69. The highest BCUT2D eigenvalue weighted by molar-refractivity contribution is 4.99. The molecule has 4 aliphatic rings. The summed E-state index contributed by atoms with van der Waals surface area (Å²) in [5, 5.41) is 0. The first kappa shape index (κ1) is 13.5. The lowest BCUT2D eigenvalue weighted by Crippen LogP contribution is -2.64. The van der Waals surface area contributed by atoms with E-state index in [1.807, 2.05) is 0 Å². The zero-order valence-corrected chi connectivity index (χ0v) is 13.3. The van der Waals surface area contributed by atoms with Gasteiger partial charge in [-0.1, -0.05) is 6.92 Å². The smallest absolute Gasteiger partial charge is 0.0350 e. The van der Waals surface area contributed by atoms with E-state index in [4.69, 9.17) is 0 Å². The summed E-state index contributed by atoms with van der Waals surface area (Å²) in [4.78, 5) is 8.12. The topological polar surface area (TPSA) is 9.72 Å². The van der Waals surface area contributed by atoms with E-state index < -0.39 is 0 Å². The van der Waals surface area contributed by atoms with Gasteiger partial charge in [-0.15, -0.1) is 0 Å². The van der Waals surface area contributed by atoms with Gasteiger partial charge in [0.1, 0.15) is 0 Å². The molecule has 3 aliphatic heterocycles. The lowest BCUT2D eigenvalue weighted by Gasteiger charge is -2.50. The largest absolute Gasteiger partial charge is 0.305 e. The summed E-state index contributed by atoms with van der Waals surface area (Å²) >= 11 is 0.